The van der Waals surface area contributed by atoms with Crippen LogP contribution >= 0.6 is 15.9 Å². The molecule has 0 saturated heterocycles. The zero-order chi connectivity index (χ0) is 11.5. The van der Waals surface area contributed by atoms with Gasteiger partial charge in [-0.15, -0.1) is 0 Å². The summed E-state index contributed by atoms with van der Waals surface area (Å²) < 4.78 is 10.9. The summed E-state index contributed by atoms with van der Waals surface area (Å²) in [4.78, 5) is 4.14. The lowest BCUT2D eigenvalue weighted by atomic mass is 10.2. The molecule has 1 aromatic carbocycles. The molecule has 0 aliphatic rings. The van der Waals surface area contributed by atoms with Crippen molar-refractivity contribution in [3.8, 4) is 17.1 Å². The molecule has 84 valence electrons. The maximum absolute atomic E-state index is 5.40. The molecule has 0 amide bonds. The number of benzene rings is 1. The van der Waals surface area contributed by atoms with E-state index in [2.05, 4.69) is 26.1 Å². The predicted molar refractivity (Wildman–Crippen MR) is 61.9 cm³/mol. The first-order valence-electron chi connectivity index (χ1n) is 4.61. The number of aromatic nitrogens is 2. The first-order chi connectivity index (χ1) is 7.74. The van der Waals surface area contributed by atoms with E-state index in [4.69, 9.17) is 15.0 Å². The van der Waals surface area contributed by atoms with Crippen LogP contribution in [0.25, 0.3) is 11.4 Å². The van der Waals surface area contributed by atoms with Crippen LogP contribution in [-0.4, -0.2) is 17.3 Å². The highest BCUT2D eigenvalue weighted by Crippen LogP contribution is 2.29. The van der Waals surface area contributed by atoms with Gasteiger partial charge in [0.25, 0.3) is 0 Å². The van der Waals surface area contributed by atoms with E-state index >= 15 is 0 Å². The molecular weight excluding hydrogens is 274 g/mol. The lowest BCUT2D eigenvalue weighted by Gasteiger charge is -2.02. The van der Waals surface area contributed by atoms with Crippen LogP contribution in [0.5, 0.6) is 5.75 Å². The Morgan fingerprint density at radius 2 is 2.31 bits per heavy atom. The molecular formula is C10H10BrN3O2. The summed E-state index contributed by atoms with van der Waals surface area (Å²) in [5.41, 5.74) is 6.23. The Balaban J connectivity index is 2.40. The Morgan fingerprint density at radius 1 is 1.50 bits per heavy atom. The molecule has 2 rings (SSSR count). The van der Waals surface area contributed by atoms with Gasteiger partial charge in [0, 0.05) is 10.0 Å². The standard InChI is InChI=1S/C10H10BrN3O2/c1-15-6-2-3-7(8(11)4-6)10-13-9(5-12)16-14-10/h2-4H,5,12H2,1H3. The molecule has 0 aliphatic carbocycles. The first kappa shape index (κ1) is 11.1. The van der Waals surface area contributed by atoms with E-state index in [0.717, 1.165) is 15.8 Å². The maximum atomic E-state index is 5.40. The third-order valence-corrected chi connectivity index (χ3v) is 2.72. The molecule has 2 N–H and O–H groups in total. The van der Waals surface area contributed by atoms with E-state index < -0.39 is 0 Å². The van der Waals surface area contributed by atoms with Crippen LogP contribution in [0, 0.1) is 0 Å². The van der Waals surface area contributed by atoms with E-state index in [0.29, 0.717) is 11.7 Å². The van der Waals surface area contributed by atoms with Crippen LogP contribution in [0.2, 0.25) is 0 Å². The molecule has 0 radical (unpaired) electrons. The Hall–Kier alpha value is -1.40. The van der Waals surface area contributed by atoms with Crippen LogP contribution in [0.3, 0.4) is 0 Å². The summed E-state index contributed by atoms with van der Waals surface area (Å²) in [6.07, 6.45) is 0. The molecule has 1 aromatic heterocycles. The fraction of sp³-hybridized carbons (Fsp3) is 0.200. The van der Waals surface area contributed by atoms with Crippen molar-refractivity contribution in [2.75, 3.05) is 7.11 Å². The van der Waals surface area contributed by atoms with Crippen molar-refractivity contribution in [3.05, 3.63) is 28.6 Å². The largest absolute Gasteiger partial charge is 0.497 e. The van der Waals surface area contributed by atoms with Gasteiger partial charge in [0.2, 0.25) is 11.7 Å². The zero-order valence-corrected chi connectivity index (χ0v) is 10.2. The van der Waals surface area contributed by atoms with Crippen LogP contribution in [0.1, 0.15) is 5.89 Å². The lowest BCUT2D eigenvalue weighted by molar-refractivity contribution is 0.380. The number of ether oxygens (including phenoxy) is 1. The molecule has 0 spiro atoms. The number of methoxy groups -OCH3 is 1. The molecule has 0 aliphatic heterocycles. The lowest BCUT2D eigenvalue weighted by Crippen LogP contribution is -1.95. The Kier molecular flexibility index (Phi) is 3.21. The van der Waals surface area contributed by atoms with Crippen molar-refractivity contribution in [1.29, 1.82) is 0 Å². The normalized spacial score (nSPS) is 10.4. The van der Waals surface area contributed by atoms with Crippen LogP contribution < -0.4 is 10.5 Å². The monoisotopic (exact) mass is 283 g/mol. The number of hydrogen-bond acceptors (Lipinski definition) is 5. The van der Waals surface area contributed by atoms with E-state index in [-0.39, 0.29) is 6.54 Å². The highest BCUT2D eigenvalue weighted by Gasteiger charge is 2.11. The molecule has 1 heterocycles. The number of rotatable bonds is 3. The summed E-state index contributed by atoms with van der Waals surface area (Å²) in [6.45, 7) is 0.237. The van der Waals surface area contributed by atoms with Gasteiger partial charge >= 0.3 is 0 Å². The van der Waals surface area contributed by atoms with Gasteiger partial charge in [-0.25, -0.2) is 0 Å². The fourth-order valence-electron chi connectivity index (χ4n) is 1.25. The van der Waals surface area contributed by atoms with Gasteiger partial charge in [0.05, 0.1) is 13.7 Å². The Morgan fingerprint density at radius 3 is 2.88 bits per heavy atom. The van der Waals surface area contributed by atoms with Gasteiger partial charge in [-0.3, -0.25) is 0 Å². The Bertz CT molecular complexity index is 499. The topological polar surface area (TPSA) is 74.2 Å². The van der Waals surface area contributed by atoms with Crippen molar-refractivity contribution >= 4 is 15.9 Å². The van der Waals surface area contributed by atoms with Crippen molar-refractivity contribution < 1.29 is 9.26 Å². The molecule has 16 heavy (non-hydrogen) atoms. The first-order valence-corrected chi connectivity index (χ1v) is 5.40. The molecule has 0 atom stereocenters. The highest BCUT2D eigenvalue weighted by molar-refractivity contribution is 9.10. The average molecular weight is 284 g/mol. The number of hydrogen-bond donors (Lipinski definition) is 1. The predicted octanol–water partition coefficient (Wildman–Crippen LogP) is 1.97. The minimum atomic E-state index is 0.237. The van der Waals surface area contributed by atoms with E-state index in [1.54, 1.807) is 7.11 Å². The second-order valence-electron chi connectivity index (χ2n) is 3.06. The Labute approximate surface area is 101 Å². The number of nitrogens with two attached hydrogens (primary N) is 1. The second kappa shape index (κ2) is 4.63. The van der Waals surface area contributed by atoms with Gasteiger partial charge in [0.15, 0.2) is 0 Å². The SMILES string of the molecule is COc1ccc(-c2noc(CN)n2)c(Br)c1. The van der Waals surface area contributed by atoms with Gasteiger partial charge < -0.3 is 15.0 Å². The number of nitrogens with zero attached hydrogens (tertiary/aromatic N) is 2. The fourth-order valence-corrected chi connectivity index (χ4v) is 1.79. The average Bonchev–Trinajstić information content (AvgIpc) is 2.77. The van der Waals surface area contributed by atoms with E-state index in [1.165, 1.54) is 0 Å². The summed E-state index contributed by atoms with van der Waals surface area (Å²) in [6, 6.07) is 5.53. The van der Waals surface area contributed by atoms with E-state index in [1.807, 2.05) is 18.2 Å². The van der Waals surface area contributed by atoms with Crippen molar-refractivity contribution in [1.82, 2.24) is 10.1 Å². The quantitative estimate of drug-likeness (QED) is 0.932. The van der Waals surface area contributed by atoms with Gasteiger partial charge in [0.1, 0.15) is 5.75 Å². The molecule has 2 aromatic rings. The van der Waals surface area contributed by atoms with Crippen LogP contribution in [-0.2, 0) is 6.54 Å². The molecule has 5 nitrogen and oxygen atoms in total. The van der Waals surface area contributed by atoms with Crippen LogP contribution in [0.4, 0.5) is 0 Å². The zero-order valence-electron chi connectivity index (χ0n) is 8.61. The molecule has 0 bridgehead atoms. The van der Waals surface area contributed by atoms with Gasteiger partial charge in [-0.1, -0.05) is 5.16 Å². The van der Waals surface area contributed by atoms with Crippen molar-refractivity contribution in [2.45, 2.75) is 6.54 Å². The molecule has 0 fully saturated rings. The smallest absolute Gasteiger partial charge is 0.240 e. The van der Waals surface area contributed by atoms with Crippen LogP contribution in [0.15, 0.2) is 27.2 Å². The summed E-state index contributed by atoms with van der Waals surface area (Å²) >= 11 is 3.42. The number of halogens is 1. The summed E-state index contributed by atoms with van der Waals surface area (Å²) in [5, 5.41) is 3.84. The second-order valence-corrected chi connectivity index (χ2v) is 3.92. The highest BCUT2D eigenvalue weighted by atomic mass is 79.9. The third-order valence-electron chi connectivity index (χ3n) is 2.06. The third kappa shape index (κ3) is 2.07. The summed E-state index contributed by atoms with van der Waals surface area (Å²) in [7, 11) is 1.61. The van der Waals surface area contributed by atoms with Crippen molar-refractivity contribution in [3.63, 3.8) is 0 Å². The van der Waals surface area contributed by atoms with Gasteiger partial charge in [-0.05, 0) is 34.1 Å². The van der Waals surface area contributed by atoms with Gasteiger partial charge in [-0.2, -0.15) is 4.98 Å². The van der Waals surface area contributed by atoms with Crippen molar-refractivity contribution in [2.24, 2.45) is 5.73 Å². The van der Waals surface area contributed by atoms with E-state index in [9.17, 15) is 0 Å². The maximum Gasteiger partial charge on any atom is 0.240 e. The minimum absolute atomic E-state index is 0.237. The molecule has 0 unspecified atom stereocenters. The molecule has 0 saturated carbocycles. The minimum Gasteiger partial charge on any atom is -0.497 e. The molecule has 6 heteroatoms. The summed E-state index contributed by atoms with van der Waals surface area (Å²) in [5.74, 6) is 1.69.